The molecule has 1 saturated carbocycles. The van der Waals surface area contributed by atoms with E-state index >= 15 is 0 Å². The second-order valence-corrected chi connectivity index (χ2v) is 7.50. The number of aliphatic hydroxyl groups excluding tert-OH is 1. The maximum absolute atomic E-state index is 10.0. The van der Waals surface area contributed by atoms with Gasteiger partial charge in [-0.25, -0.2) is 0 Å². The normalized spacial score (nSPS) is 29.3. The summed E-state index contributed by atoms with van der Waals surface area (Å²) in [6.07, 6.45) is 7.36. The third kappa shape index (κ3) is 3.11. The van der Waals surface area contributed by atoms with Gasteiger partial charge >= 0.3 is 0 Å². The molecule has 0 spiro atoms. The largest absolute Gasteiger partial charge is 0.396 e. The van der Waals surface area contributed by atoms with Crippen LogP contribution in [0.3, 0.4) is 0 Å². The molecule has 0 radical (unpaired) electrons. The van der Waals surface area contributed by atoms with Crippen LogP contribution in [0.1, 0.15) is 50.2 Å². The zero-order valence-electron chi connectivity index (χ0n) is 13.6. The zero-order valence-corrected chi connectivity index (χ0v) is 13.6. The van der Waals surface area contributed by atoms with Gasteiger partial charge in [-0.1, -0.05) is 37.5 Å². The van der Waals surface area contributed by atoms with E-state index in [1.165, 1.54) is 55.3 Å². The summed E-state index contributed by atoms with van der Waals surface area (Å²) in [4.78, 5) is 2.55. The summed E-state index contributed by atoms with van der Waals surface area (Å²) in [5.74, 6) is 0.834. The van der Waals surface area contributed by atoms with Crippen molar-refractivity contribution in [2.45, 2.75) is 52.4 Å². The molecule has 2 nitrogen and oxygen atoms in total. The van der Waals surface area contributed by atoms with Crippen LogP contribution in [-0.2, 0) is 6.42 Å². The quantitative estimate of drug-likeness (QED) is 0.910. The smallest absolute Gasteiger partial charge is 0.0504 e. The van der Waals surface area contributed by atoms with E-state index < -0.39 is 0 Å². The molecule has 1 N–H and O–H groups in total. The first-order chi connectivity index (χ1) is 10.1. The highest BCUT2D eigenvalue weighted by molar-refractivity contribution is 5.56. The molecule has 1 aromatic carbocycles. The molecule has 1 aliphatic heterocycles. The third-order valence-corrected chi connectivity index (χ3v) is 5.65. The Morgan fingerprint density at radius 2 is 2.05 bits per heavy atom. The molecule has 3 rings (SSSR count). The number of aryl methyl sites for hydroxylation is 2. The van der Waals surface area contributed by atoms with Gasteiger partial charge in [0.15, 0.2) is 0 Å². The van der Waals surface area contributed by atoms with Crippen LogP contribution in [0, 0.1) is 18.3 Å². The molecule has 2 aliphatic rings. The van der Waals surface area contributed by atoms with Crippen molar-refractivity contribution in [2.24, 2.45) is 11.3 Å². The van der Waals surface area contributed by atoms with Crippen LogP contribution in [0.4, 0.5) is 5.69 Å². The number of hydrogen-bond acceptors (Lipinski definition) is 2. The Morgan fingerprint density at radius 3 is 2.76 bits per heavy atom. The van der Waals surface area contributed by atoms with Crippen molar-refractivity contribution >= 4 is 5.69 Å². The van der Waals surface area contributed by atoms with Crippen LogP contribution in [-0.4, -0.2) is 24.8 Å². The molecule has 0 bridgehead atoms. The molecular weight excluding hydrogens is 258 g/mol. The lowest BCUT2D eigenvalue weighted by Gasteiger charge is -2.44. The Labute approximate surface area is 129 Å². The van der Waals surface area contributed by atoms with Crippen molar-refractivity contribution in [3.63, 3.8) is 0 Å². The predicted octanol–water partition coefficient (Wildman–Crippen LogP) is 3.94. The molecule has 0 saturated heterocycles. The summed E-state index contributed by atoms with van der Waals surface area (Å²) in [5.41, 5.74) is 4.40. The maximum Gasteiger partial charge on any atom is 0.0504 e. The lowest BCUT2D eigenvalue weighted by Crippen LogP contribution is -2.44. The summed E-state index contributed by atoms with van der Waals surface area (Å²) in [7, 11) is 0. The molecule has 1 aliphatic carbocycles. The van der Waals surface area contributed by atoms with Crippen molar-refractivity contribution in [1.82, 2.24) is 0 Å². The molecule has 116 valence electrons. The molecule has 1 heterocycles. The third-order valence-electron chi connectivity index (χ3n) is 5.65. The summed E-state index contributed by atoms with van der Waals surface area (Å²) < 4.78 is 0. The highest BCUT2D eigenvalue weighted by Crippen LogP contribution is 2.41. The summed E-state index contributed by atoms with van der Waals surface area (Å²) in [6.45, 7) is 7.05. The van der Waals surface area contributed by atoms with Crippen molar-refractivity contribution in [1.29, 1.82) is 0 Å². The maximum atomic E-state index is 10.0. The Hall–Kier alpha value is -1.02. The standard InChI is InChI=1S/C19H29NO/c1-15-7-9-19(14-21,10-8-15)13-20-11-3-4-17-12-16(2)5-6-18(17)20/h5-6,12,15,21H,3-4,7-11,13-14H2,1-2H3. The number of nitrogens with zero attached hydrogens (tertiary/aromatic N) is 1. The molecule has 0 aromatic heterocycles. The second kappa shape index (κ2) is 6.00. The topological polar surface area (TPSA) is 23.5 Å². The number of rotatable bonds is 3. The number of hydrogen-bond donors (Lipinski definition) is 1. The Balaban J connectivity index is 1.79. The lowest BCUT2D eigenvalue weighted by atomic mass is 9.71. The number of aliphatic hydroxyl groups is 1. The number of benzene rings is 1. The zero-order chi connectivity index (χ0) is 14.9. The summed E-state index contributed by atoms with van der Waals surface area (Å²) in [6, 6.07) is 6.86. The van der Waals surface area contributed by atoms with E-state index in [-0.39, 0.29) is 5.41 Å². The predicted molar refractivity (Wildman–Crippen MR) is 88.9 cm³/mol. The fraction of sp³-hybridized carbons (Fsp3) is 0.684. The van der Waals surface area contributed by atoms with Gasteiger partial charge in [0.1, 0.15) is 0 Å². The van der Waals surface area contributed by atoms with E-state index in [4.69, 9.17) is 0 Å². The van der Waals surface area contributed by atoms with Crippen LogP contribution in [0.5, 0.6) is 0 Å². The van der Waals surface area contributed by atoms with Gasteiger partial charge in [0.2, 0.25) is 0 Å². The van der Waals surface area contributed by atoms with E-state index in [0.29, 0.717) is 6.61 Å². The fourth-order valence-corrected chi connectivity index (χ4v) is 4.11. The second-order valence-electron chi connectivity index (χ2n) is 7.50. The Morgan fingerprint density at radius 1 is 1.29 bits per heavy atom. The van der Waals surface area contributed by atoms with E-state index in [2.05, 4.69) is 36.9 Å². The van der Waals surface area contributed by atoms with Gasteiger partial charge in [-0.2, -0.15) is 0 Å². The molecule has 2 heteroatoms. The lowest BCUT2D eigenvalue weighted by molar-refractivity contribution is 0.0727. The van der Waals surface area contributed by atoms with Gasteiger partial charge in [-0.05, 0) is 50.2 Å². The molecule has 1 aromatic rings. The van der Waals surface area contributed by atoms with E-state index in [1.807, 2.05) is 0 Å². The molecule has 21 heavy (non-hydrogen) atoms. The van der Waals surface area contributed by atoms with Crippen molar-refractivity contribution in [3.05, 3.63) is 29.3 Å². The minimum Gasteiger partial charge on any atom is -0.396 e. The van der Waals surface area contributed by atoms with Crippen LogP contribution < -0.4 is 4.90 Å². The molecule has 1 fully saturated rings. The van der Waals surface area contributed by atoms with Gasteiger partial charge in [0.05, 0.1) is 6.61 Å². The first kappa shape index (κ1) is 14.9. The van der Waals surface area contributed by atoms with Gasteiger partial charge < -0.3 is 10.0 Å². The average Bonchev–Trinajstić information content (AvgIpc) is 2.50. The first-order valence-electron chi connectivity index (χ1n) is 8.57. The minimum absolute atomic E-state index is 0.131. The van der Waals surface area contributed by atoms with Crippen LogP contribution >= 0.6 is 0 Å². The fourth-order valence-electron chi connectivity index (χ4n) is 4.11. The summed E-state index contributed by atoms with van der Waals surface area (Å²) >= 11 is 0. The van der Waals surface area contributed by atoms with Crippen LogP contribution in [0.25, 0.3) is 0 Å². The summed E-state index contributed by atoms with van der Waals surface area (Å²) in [5, 5.41) is 10.0. The Kier molecular flexibility index (Phi) is 4.26. The Bertz CT molecular complexity index is 488. The first-order valence-corrected chi connectivity index (χ1v) is 8.57. The van der Waals surface area contributed by atoms with Gasteiger partial charge in [-0.15, -0.1) is 0 Å². The van der Waals surface area contributed by atoms with E-state index in [1.54, 1.807) is 0 Å². The van der Waals surface area contributed by atoms with Crippen molar-refractivity contribution in [3.8, 4) is 0 Å². The van der Waals surface area contributed by atoms with Crippen molar-refractivity contribution < 1.29 is 5.11 Å². The van der Waals surface area contributed by atoms with Crippen LogP contribution in [0.15, 0.2) is 18.2 Å². The van der Waals surface area contributed by atoms with Crippen LogP contribution in [0.2, 0.25) is 0 Å². The van der Waals surface area contributed by atoms with E-state index in [9.17, 15) is 5.11 Å². The molecular formula is C19H29NO. The van der Waals surface area contributed by atoms with Gasteiger partial charge in [-0.3, -0.25) is 0 Å². The SMILES string of the molecule is Cc1ccc2c(c1)CCCN2CC1(CO)CCC(C)CC1. The van der Waals surface area contributed by atoms with Gasteiger partial charge in [0.25, 0.3) is 0 Å². The highest BCUT2D eigenvalue weighted by atomic mass is 16.3. The minimum atomic E-state index is 0.131. The average molecular weight is 287 g/mol. The molecule has 0 unspecified atom stereocenters. The number of anilines is 1. The van der Waals surface area contributed by atoms with Crippen molar-refractivity contribution in [2.75, 3.05) is 24.6 Å². The molecule has 0 amide bonds. The monoisotopic (exact) mass is 287 g/mol. The highest BCUT2D eigenvalue weighted by Gasteiger charge is 2.36. The molecule has 0 atom stereocenters. The van der Waals surface area contributed by atoms with Gasteiger partial charge in [0, 0.05) is 24.2 Å². The van der Waals surface area contributed by atoms with E-state index in [0.717, 1.165) is 19.0 Å². The number of fused-ring (bicyclic) bond motifs is 1.